The van der Waals surface area contributed by atoms with E-state index >= 15 is 0 Å². The summed E-state index contributed by atoms with van der Waals surface area (Å²) in [5, 5.41) is 14.2. The molecule has 2 aliphatic heterocycles. The fourth-order valence-electron chi connectivity index (χ4n) is 4.17. The number of likely N-dealkylation sites (N-methyl/N-ethyl adjacent to an activating group) is 1. The highest BCUT2D eigenvalue weighted by Crippen LogP contribution is 2.34. The van der Waals surface area contributed by atoms with Gasteiger partial charge < -0.3 is 15.1 Å². The lowest BCUT2D eigenvalue weighted by molar-refractivity contribution is -0.193. The van der Waals surface area contributed by atoms with Gasteiger partial charge in [-0.15, -0.1) is 0 Å². The molecule has 2 N–H and O–H groups in total. The number of carbonyl (C=O) groups is 3. The van der Waals surface area contributed by atoms with Crippen molar-refractivity contribution in [1.82, 2.24) is 9.80 Å². The Kier molecular flexibility index (Phi) is 10.6. The standard InChI is InChI=1S/C21H24FN3O.2C2HF3O2/c1-23-14-20(26)25(19-5-3-2-4-6-19)16-21(23)11-12-24(15-21)13-17-7-9-18(22)10-8-17;2*3-2(4,5)1(6)7/h2-10H,11-16H2,1H3;2*(H,6,7). The van der Waals surface area contributed by atoms with Gasteiger partial charge in [0.2, 0.25) is 5.91 Å². The normalized spacial score (nSPS) is 19.9. The number of hydrogen-bond acceptors (Lipinski definition) is 5. The minimum absolute atomic E-state index is 0.0240. The Morgan fingerprint density at radius 1 is 0.875 bits per heavy atom. The molecule has 4 rings (SSSR count). The Labute approximate surface area is 224 Å². The van der Waals surface area contributed by atoms with Crippen molar-refractivity contribution in [3.05, 3.63) is 66.0 Å². The Bertz CT molecular complexity index is 1140. The smallest absolute Gasteiger partial charge is 0.475 e. The van der Waals surface area contributed by atoms with E-state index in [1.54, 1.807) is 0 Å². The first-order valence-electron chi connectivity index (χ1n) is 11.6. The fraction of sp³-hybridized carbons (Fsp3) is 0.400. The molecule has 2 aliphatic rings. The second-order valence-corrected chi connectivity index (χ2v) is 9.09. The number of halogens is 7. The summed E-state index contributed by atoms with van der Waals surface area (Å²) in [6, 6.07) is 16.7. The zero-order valence-corrected chi connectivity index (χ0v) is 21.0. The number of benzene rings is 2. The topological polar surface area (TPSA) is 101 Å². The summed E-state index contributed by atoms with van der Waals surface area (Å²) in [5.74, 6) is -5.56. The van der Waals surface area contributed by atoms with Gasteiger partial charge in [0.05, 0.1) is 12.1 Å². The summed E-state index contributed by atoms with van der Waals surface area (Å²) < 4.78 is 76.6. The van der Waals surface area contributed by atoms with Gasteiger partial charge in [-0.05, 0) is 43.3 Å². The fourth-order valence-corrected chi connectivity index (χ4v) is 4.17. The van der Waals surface area contributed by atoms with Crippen LogP contribution < -0.4 is 4.90 Å². The van der Waals surface area contributed by atoms with Crippen molar-refractivity contribution in [3.63, 3.8) is 0 Å². The first-order valence-corrected chi connectivity index (χ1v) is 11.6. The monoisotopic (exact) mass is 581 g/mol. The number of piperazine rings is 1. The Morgan fingerprint density at radius 3 is 1.85 bits per heavy atom. The zero-order valence-electron chi connectivity index (χ0n) is 21.0. The van der Waals surface area contributed by atoms with Crippen molar-refractivity contribution in [2.45, 2.75) is 30.9 Å². The second kappa shape index (κ2) is 13.1. The predicted octanol–water partition coefficient (Wildman–Crippen LogP) is 4.02. The molecule has 0 saturated carbocycles. The third-order valence-electron chi connectivity index (χ3n) is 6.22. The Hall–Kier alpha value is -3.72. The number of carboxylic acid groups (broad SMARTS) is 2. The first kappa shape index (κ1) is 32.5. The molecule has 40 heavy (non-hydrogen) atoms. The van der Waals surface area contributed by atoms with Gasteiger partial charge in [-0.25, -0.2) is 14.0 Å². The summed E-state index contributed by atoms with van der Waals surface area (Å²) in [6.07, 6.45) is -9.14. The molecule has 2 heterocycles. The van der Waals surface area contributed by atoms with Gasteiger partial charge in [-0.2, -0.15) is 26.3 Å². The van der Waals surface area contributed by atoms with E-state index in [0.29, 0.717) is 13.1 Å². The molecule has 1 spiro atoms. The van der Waals surface area contributed by atoms with Gasteiger partial charge in [0.25, 0.3) is 0 Å². The van der Waals surface area contributed by atoms with Crippen molar-refractivity contribution in [1.29, 1.82) is 0 Å². The van der Waals surface area contributed by atoms with Crippen molar-refractivity contribution in [3.8, 4) is 0 Å². The van der Waals surface area contributed by atoms with Crippen molar-refractivity contribution >= 4 is 23.5 Å². The van der Waals surface area contributed by atoms with Crippen LogP contribution in [0.1, 0.15) is 12.0 Å². The molecular weight excluding hydrogens is 555 g/mol. The molecule has 1 atom stereocenters. The van der Waals surface area contributed by atoms with Gasteiger partial charge >= 0.3 is 24.3 Å². The maximum absolute atomic E-state index is 13.1. The average molecular weight is 581 g/mol. The molecule has 1 amide bonds. The third kappa shape index (κ3) is 9.19. The number of carbonyl (C=O) groups excluding carboxylic acids is 1. The largest absolute Gasteiger partial charge is 0.490 e. The number of aliphatic carboxylic acids is 2. The SMILES string of the molecule is CN1CC(=O)N(c2ccccc2)CC12CCN(Cc1ccc(F)cc1)C2.O=C(O)C(F)(F)F.O=C(O)C(F)(F)F. The number of carboxylic acids is 2. The van der Waals surface area contributed by atoms with E-state index in [-0.39, 0.29) is 17.3 Å². The number of anilines is 1. The predicted molar refractivity (Wildman–Crippen MR) is 128 cm³/mol. The van der Waals surface area contributed by atoms with Crippen molar-refractivity contribution < 1.29 is 55.3 Å². The third-order valence-corrected chi connectivity index (χ3v) is 6.22. The number of alkyl halides is 6. The van der Waals surface area contributed by atoms with Crippen LogP contribution in [0.2, 0.25) is 0 Å². The quantitative estimate of drug-likeness (QED) is 0.529. The number of nitrogens with zero attached hydrogens (tertiary/aromatic N) is 3. The molecule has 2 aromatic rings. The van der Waals surface area contributed by atoms with E-state index in [1.165, 1.54) is 12.1 Å². The van der Waals surface area contributed by atoms with Crippen LogP contribution in [0.4, 0.5) is 36.4 Å². The highest BCUT2D eigenvalue weighted by molar-refractivity contribution is 5.96. The van der Waals surface area contributed by atoms with Gasteiger partial charge in [-0.3, -0.25) is 14.6 Å². The Morgan fingerprint density at radius 2 is 1.38 bits per heavy atom. The highest BCUT2D eigenvalue weighted by atomic mass is 19.4. The number of rotatable bonds is 3. The average Bonchev–Trinajstić information content (AvgIpc) is 3.26. The molecule has 0 bridgehead atoms. The van der Waals surface area contributed by atoms with E-state index in [1.807, 2.05) is 47.4 Å². The van der Waals surface area contributed by atoms with Crippen LogP contribution in [0.25, 0.3) is 0 Å². The number of amides is 1. The van der Waals surface area contributed by atoms with Crippen LogP contribution in [0, 0.1) is 5.82 Å². The molecule has 0 aliphatic carbocycles. The van der Waals surface area contributed by atoms with Crippen LogP contribution in [0.15, 0.2) is 54.6 Å². The lowest BCUT2D eigenvalue weighted by Gasteiger charge is -2.47. The molecule has 2 fully saturated rings. The van der Waals surface area contributed by atoms with Crippen molar-refractivity contribution in [2.24, 2.45) is 0 Å². The van der Waals surface area contributed by atoms with Crippen LogP contribution in [0.5, 0.6) is 0 Å². The maximum Gasteiger partial charge on any atom is 0.490 e. The van der Waals surface area contributed by atoms with Gasteiger partial charge in [0.15, 0.2) is 0 Å². The van der Waals surface area contributed by atoms with E-state index < -0.39 is 24.3 Å². The second-order valence-electron chi connectivity index (χ2n) is 9.09. The van der Waals surface area contributed by atoms with E-state index in [0.717, 1.165) is 37.3 Å². The molecule has 220 valence electrons. The summed E-state index contributed by atoms with van der Waals surface area (Å²) >= 11 is 0. The number of hydrogen-bond donors (Lipinski definition) is 2. The molecule has 0 aromatic heterocycles. The summed E-state index contributed by atoms with van der Waals surface area (Å²) in [7, 11) is 2.06. The van der Waals surface area contributed by atoms with Gasteiger partial charge in [-0.1, -0.05) is 30.3 Å². The molecule has 1 unspecified atom stereocenters. The minimum Gasteiger partial charge on any atom is -0.475 e. The van der Waals surface area contributed by atoms with Crippen LogP contribution in [-0.4, -0.2) is 89.0 Å². The summed E-state index contributed by atoms with van der Waals surface area (Å²) in [6.45, 7) is 3.87. The molecule has 15 heteroatoms. The summed E-state index contributed by atoms with van der Waals surface area (Å²) in [4.78, 5) is 36.9. The van der Waals surface area contributed by atoms with Crippen molar-refractivity contribution in [2.75, 3.05) is 38.1 Å². The lowest BCUT2D eigenvalue weighted by atomic mass is 9.92. The van der Waals surface area contributed by atoms with E-state index in [4.69, 9.17) is 19.8 Å². The molecule has 2 saturated heterocycles. The lowest BCUT2D eigenvalue weighted by Crippen LogP contribution is -2.64. The Balaban J connectivity index is 0.000000333. The number of para-hydroxylation sites is 1. The van der Waals surface area contributed by atoms with Crippen LogP contribution >= 0.6 is 0 Å². The van der Waals surface area contributed by atoms with Gasteiger partial charge in [0, 0.05) is 31.9 Å². The highest BCUT2D eigenvalue weighted by Gasteiger charge is 2.47. The molecular formula is C25H26F7N3O5. The molecule has 0 radical (unpaired) electrons. The summed E-state index contributed by atoms with van der Waals surface area (Å²) in [5.41, 5.74) is 2.07. The van der Waals surface area contributed by atoms with Gasteiger partial charge in [0.1, 0.15) is 5.82 Å². The van der Waals surface area contributed by atoms with Crippen LogP contribution in [-0.2, 0) is 20.9 Å². The maximum atomic E-state index is 13.1. The molecule has 2 aromatic carbocycles. The molecule has 8 nitrogen and oxygen atoms in total. The number of likely N-dealkylation sites (tertiary alicyclic amines) is 1. The van der Waals surface area contributed by atoms with E-state index in [9.17, 15) is 35.5 Å². The first-order chi connectivity index (χ1) is 18.4. The minimum atomic E-state index is -5.08. The van der Waals surface area contributed by atoms with E-state index in [2.05, 4.69) is 16.8 Å². The van der Waals surface area contributed by atoms with Crippen LogP contribution in [0.3, 0.4) is 0 Å². The zero-order chi connectivity index (χ0) is 30.3.